The van der Waals surface area contributed by atoms with E-state index < -0.39 is 20.0 Å². The predicted molar refractivity (Wildman–Crippen MR) is 97.4 cm³/mol. The van der Waals surface area contributed by atoms with Gasteiger partial charge in [-0.3, -0.25) is 0 Å². The maximum Gasteiger partial charge on any atom is 0.240 e. The SMILES string of the molecule is CNS(=O)(=O)c1ccc(S(=O)(=O)NCC2NCCCC2(C)C)cc1C. The fourth-order valence-electron chi connectivity index (χ4n) is 3.10. The third-order valence-corrected chi connectivity index (χ3v) is 7.82. The summed E-state index contributed by atoms with van der Waals surface area (Å²) in [4.78, 5) is 0.137. The molecular formula is C16H27N3O4S2. The van der Waals surface area contributed by atoms with Gasteiger partial charge in [0.05, 0.1) is 9.79 Å². The molecule has 1 aromatic rings. The Labute approximate surface area is 150 Å². The number of rotatable bonds is 6. The van der Waals surface area contributed by atoms with Crippen LogP contribution in [0.1, 0.15) is 32.3 Å². The quantitative estimate of drug-likeness (QED) is 0.672. The zero-order valence-corrected chi connectivity index (χ0v) is 16.7. The van der Waals surface area contributed by atoms with Gasteiger partial charge in [-0.15, -0.1) is 0 Å². The molecule has 7 nitrogen and oxygen atoms in total. The van der Waals surface area contributed by atoms with Crippen LogP contribution >= 0.6 is 0 Å². The molecule has 0 radical (unpaired) electrons. The van der Waals surface area contributed by atoms with Crippen LogP contribution < -0.4 is 14.8 Å². The van der Waals surface area contributed by atoms with Crippen LogP contribution in [-0.4, -0.2) is 43.0 Å². The Morgan fingerprint density at radius 2 is 1.88 bits per heavy atom. The van der Waals surface area contributed by atoms with E-state index in [0.29, 0.717) is 12.1 Å². The number of nitrogens with one attached hydrogen (secondary N) is 3. The van der Waals surface area contributed by atoms with Crippen LogP contribution in [0.15, 0.2) is 28.0 Å². The molecule has 1 aliphatic heterocycles. The Balaban J connectivity index is 2.18. The molecule has 1 heterocycles. The number of hydrogen-bond donors (Lipinski definition) is 3. The van der Waals surface area contributed by atoms with Gasteiger partial charge in [0, 0.05) is 12.6 Å². The lowest BCUT2D eigenvalue weighted by Gasteiger charge is -2.39. The molecule has 1 aliphatic rings. The van der Waals surface area contributed by atoms with E-state index in [4.69, 9.17) is 0 Å². The average molecular weight is 390 g/mol. The van der Waals surface area contributed by atoms with E-state index in [1.807, 2.05) is 0 Å². The first-order valence-corrected chi connectivity index (χ1v) is 11.2. The Hall–Kier alpha value is -1.00. The Kier molecular flexibility index (Phi) is 5.95. The molecule has 1 aromatic carbocycles. The van der Waals surface area contributed by atoms with Crippen molar-refractivity contribution in [3.63, 3.8) is 0 Å². The van der Waals surface area contributed by atoms with Crippen LogP contribution in [0.5, 0.6) is 0 Å². The summed E-state index contributed by atoms with van der Waals surface area (Å²) in [5.41, 5.74) is 0.398. The van der Waals surface area contributed by atoms with Crippen LogP contribution in [0.3, 0.4) is 0 Å². The second-order valence-corrected chi connectivity index (χ2v) is 10.7. The fraction of sp³-hybridized carbons (Fsp3) is 0.625. The summed E-state index contributed by atoms with van der Waals surface area (Å²) < 4.78 is 53.8. The summed E-state index contributed by atoms with van der Waals surface area (Å²) in [5, 5.41) is 3.37. The second kappa shape index (κ2) is 7.32. The van der Waals surface area contributed by atoms with Crippen molar-refractivity contribution in [2.24, 2.45) is 5.41 Å². The zero-order valence-electron chi connectivity index (χ0n) is 15.1. The van der Waals surface area contributed by atoms with E-state index in [1.54, 1.807) is 6.92 Å². The molecule has 0 amide bonds. The summed E-state index contributed by atoms with van der Waals surface area (Å²) in [7, 11) is -6.00. The van der Waals surface area contributed by atoms with Crippen molar-refractivity contribution in [2.45, 2.75) is 49.4 Å². The molecule has 9 heteroatoms. The van der Waals surface area contributed by atoms with Crippen LogP contribution in [0.25, 0.3) is 0 Å². The topological polar surface area (TPSA) is 104 Å². The second-order valence-electron chi connectivity index (χ2n) is 7.09. The van der Waals surface area contributed by atoms with E-state index in [0.717, 1.165) is 19.4 Å². The van der Waals surface area contributed by atoms with Gasteiger partial charge in [0.2, 0.25) is 20.0 Å². The normalized spacial score (nSPS) is 21.2. The highest BCUT2D eigenvalue weighted by molar-refractivity contribution is 7.90. The average Bonchev–Trinajstić information content (AvgIpc) is 2.53. The van der Waals surface area contributed by atoms with Crippen molar-refractivity contribution in [3.8, 4) is 0 Å². The maximum absolute atomic E-state index is 12.6. The van der Waals surface area contributed by atoms with Gasteiger partial charge in [-0.1, -0.05) is 13.8 Å². The molecule has 0 saturated carbocycles. The summed E-state index contributed by atoms with van der Waals surface area (Å²) in [6, 6.07) is 4.07. The van der Waals surface area contributed by atoms with Gasteiger partial charge < -0.3 is 5.32 Å². The standard InChI is InChI=1S/C16H27N3O4S2/c1-12-10-13(6-7-14(12)25(22,23)17-4)24(20,21)19-11-15-16(2,3)8-5-9-18-15/h6-7,10,15,17-19H,5,8-9,11H2,1-4H3. The van der Waals surface area contributed by atoms with Gasteiger partial charge in [-0.25, -0.2) is 26.3 Å². The van der Waals surface area contributed by atoms with Crippen LogP contribution in [0.2, 0.25) is 0 Å². The molecule has 0 spiro atoms. The van der Waals surface area contributed by atoms with Crippen molar-refractivity contribution >= 4 is 20.0 Å². The van der Waals surface area contributed by atoms with Gasteiger partial charge in [0.15, 0.2) is 0 Å². The molecular weight excluding hydrogens is 362 g/mol. The van der Waals surface area contributed by atoms with Crippen LogP contribution in [0.4, 0.5) is 0 Å². The van der Waals surface area contributed by atoms with Gasteiger partial charge >= 0.3 is 0 Å². The predicted octanol–water partition coefficient (Wildman–Crippen LogP) is 0.960. The molecule has 2 rings (SSSR count). The summed E-state index contributed by atoms with van der Waals surface area (Å²) in [6.45, 7) is 7.00. The first kappa shape index (κ1) is 20.3. The number of piperidine rings is 1. The lowest BCUT2D eigenvalue weighted by atomic mass is 9.78. The highest BCUT2D eigenvalue weighted by atomic mass is 32.2. The zero-order chi connectivity index (χ0) is 18.9. The highest BCUT2D eigenvalue weighted by Gasteiger charge is 2.32. The fourth-order valence-corrected chi connectivity index (χ4v) is 5.18. The van der Waals surface area contributed by atoms with Crippen molar-refractivity contribution in [1.82, 2.24) is 14.8 Å². The van der Waals surface area contributed by atoms with E-state index in [9.17, 15) is 16.8 Å². The van der Waals surface area contributed by atoms with Crippen molar-refractivity contribution in [3.05, 3.63) is 23.8 Å². The third-order valence-electron chi connectivity index (χ3n) is 4.82. The molecule has 142 valence electrons. The largest absolute Gasteiger partial charge is 0.312 e. The lowest BCUT2D eigenvalue weighted by Crippen LogP contribution is -2.52. The Bertz CT molecular complexity index is 833. The van der Waals surface area contributed by atoms with Crippen LogP contribution in [0, 0.1) is 12.3 Å². The Morgan fingerprint density at radius 1 is 1.20 bits per heavy atom. The molecule has 0 aliphatic carbocycles. The van der Waals surface area contributed by atoms with Gasteiger partial charge in [0.1, 0.15) is 0 Å². The molecule has 25 heavy (non-hydrogen) atoms. The number of aryl methyl sites for hydroxylation is 1. The van der Waals surface area contributed by atoms with Gasteiger partial charge in [-0.05, 0) is 62.5 Å². The van der Waals surface area contributed by atoms with Crippen molar-refractivity contribution < 1.29 is 16.8 Å². The lowest BCUT2D eigenvalue weighted by molar-refractivity contribution is 0.181. The Morgan fingerprint density at radius 3 is 2.44 bits per heavy atom. The molecule has 1 fully saturated rings. The van der Waals surface area contributed by atoms with Gasteiger partial charge in [0.25, 0.3) is 0 Å². The smallest absolute Gasteiger partial charge is 0.240 e. The summed E-state index contributed by atoms with van der Waals surface area (Å²) in [5.74, 6) is 0. The monoisotopic (exact) mass is 389 g/mol. The highest BCUT2D eigenvalue weighted by Crippen LogP contribution is 2.30. The molecule has 1 saturated heterocycles. The molecule has 1 atom stereocenters. The number of benzene rings is 1. The molecule has 0 aromatic heterocycles. The minimum absolute atomic E-state index is 0.0153. The molecule has 3 N–H and O–H groups in total. The third kappa shape index (κ3) is 4.59. The first-order valence-electron chi connectivity index (χ1n) is 8.27. The summed E-state index contributed by atoms with van der Waals surface area (Å²) >= 11 is 0. The minimum atomic E-state index is -3.71. The first-order chi connectivity index (χ1) is 11.5. The van der Waals surface area contributed by atoms with Crippen molar-refractivity contribution in [1.29, 1.82) is 0 Å². The molecule has 1 unspecified atom stereocenters. The minimum Gasteiger partial charge on any atom is -0.312 e. The summed E-state index contributed by atoms with van der Waals surface area (Å²) in [6.07, 6.45) is 2.12. The van der Waals surface area contributed by atoms with E-state index in [-0.39, 0.29) is 21.2 Å². The van der Waals surface area contributed by atoms with E-state index in [2.05, 4.69) is 28.6 Å². The number of hydrogen-bond acceptors (Lipinski definition) is 5. The van der Waals surface area contributed by atoms with Crippen molar-refractivity contribution in [2.75, 3.05) is 20.1 Å². The van der Waals surface area contributed by atoms with Crippen LogP contribution in [-0.2, 0) is 20.0 Å². The van der Waals surface area contributed by atoms with E-state index in [1.165, 1.54) is 25.2 Å². The number of sulfonamides is 2. The maximum atomic E-state index is 12.6. The molecule has 0 bridgehead atoms. The van der Waals surface area contributed by atoms with Gasteiger partial charge in [-0.2, -0.15) is 0 Å². The van der Waals surface area contributed by atoms with E-state index >= 15 is 0 Å².